The molecular formula is C16H21N5O3. The first-order valence-corrected chi connectivity index (χ1v) is 7.78. The highest BCUT2D eigenvalue weighted by Crippen LogP contribution is 2.21. The van der Waals surface area contributed by atoms with Gasteiger partial charge in [0.2, 0.25) is 0 Å². The maximum Gasteiger partial charge on any atom is 0.272 e. The number of morpholine rings is 1. The lowest BCUT2D eigenvalue weighted by molar-refractivity contribution is -0.162. The number of carbonyl (C=O) groups is 2. The van der Waals surface area contributed by atoms with Crippen LogP contribution in [0.3, 0.4) is 0 Å². The van der Waals surface area contributed by atoms with Gasteiger partial charge in [-0.15, -0.1) is 0 Å². The summed E-state index contributed by atoms with van der Waals surface area (Å²) in [6, 6.07) is 3.46. The normalized spacial score (nSPS) is 21.1. The topological polar surface area (TPSA) is 80.0 Å². The lowest BCUT2D eigenvalue weighted by atomic mass is 10.0. The predicted octanol–water partition coefficient (Wildman–Crippen LogP) is 0.357. The predicted molar refractivity (Wildman–Crippen MR) is 86.7 cm³/mol. The largest absolute Gasteiger partial charge is 0.362 e. The fourth-order valence-corrected chi connectivity index (χ4v) is 3.00. The van der Waals surface area contributed by atoms with Gasteiger partial charge in [0.05, 0.1) is 19.3 Å². The second-order valence-corrected chi connectivity index (χ2v) is 6.39. The molecule has 0 bridgehead atoms. The third-order valence-electron chi connectivity index (χ3n) is 4.13. The van der Waals surface area contributed by atoms with E-state index in [2.05, 4.69) is 10.1 Å². The Bertz CT molecular complexity index is 800. The van der Waals surface area contributed by atoms with Crippen molar-refractivity contribution in [1.29, 1.82) is 0 Å². The van der Waals surface area contributed by atoms with E-state index in [-0.39, 0.29) is 18.4 Å². The molecule has 2 amide bonds. The smallest absolute Gasteiger partial charge is 0.272 e. The van der Waals surface area contributed by atoms with Crippen LogP contribution in [0.2, 0.25) is 0 Å². The summed E-state index contributed by atoms with van der Waals surface area (Å²) in [5, 5.41) is 4.18. The van der Waals surface area contributed by atoms with Gasteiger partial charge in [0.1, 0.15) is 5.69 Å². The van der Waals surface area contributed by atoms with Gasteiger partial charge in [-0.3, -0.25) is 9.59 Å². The molecular weight excluding hydrogens is 310 g/mol. The van der Waals surface area contributed by atoms with Gasteiger partial charge in [-0.1, -0.05) is 0 Å². The minimum absolute atomic E-state index is 0.157. The van der Waals surface area contributed by atoms with E-state index in [9.17, 15) is 9.59 Å². The molecule has 0 aromatic carbocycles. The number of ether oxygens (including phenoxy) is 1. The minimum atomic E-state index is -1.04. The number of aromatic nitrogens is 3. The van der Waals surface area contributed by atoms with Crippen molar-refractivity contribution in [3.8, 4) is 0 Å². The third kappa shape index (κ3) is 2.73. The first-order chi connectivity index (χ1) is 11.3. The van der Waals surface area contributed by atoms with E-state index >= 15 is 0 Å². The number of aryl methyl sites for hydroxylation is 1. The zero-order valence-corrected chi connectivity index (χ0v) is 14.3. The number of carbonyl (C=O) groups excluding carboxylic acids is 2. The Balaban J connectivity index is 1.92. The molecule has 0 N–H and O–H groups in total. The highest BCUT2D eigenvalue weighted by molar-refractivity contribution is 5.94. The summed E-state index contributed by atoms with van der Waals surface area (Å²) in [5.74, 6) is -0.342. The summed E-state index contributed by atoms with van der Waals surface area (Å²) >= 11 is 0. The third-order valence-corrected chi connectivity index (χ3v) is 4.13. The summed E-state index contributed by atoms with van der Waals surface area (Å²) in [6.07, 6.45) is 1.61. The van der Waals surface area contributed by atoms with Gasteiger partial charge in [0.25, 0.3) is 11.8 Å². The Kier molecular flexibility index (Phi) is 4.00. The van der Waals surface area contributed by atoms with Crippen molar-refractivity contribution in [3.05, 3.63) is 29.7 Å². The quantitative estimate of drug-likeness (QED) is 0.794. The van der Waals surface area contributed by atoms with Crippen LogP contribution in [0.25, 0.3) is 5.65 Å². The van der Waals surface area contributed by atoms with Gasteiger partial charge in [-0.25, -0.2) is 9.50 Å². The van der Waals surface area contributed by atoms with Gasteiger partial charge in [-0.2, -0.15) is 5.10 Å². The molecule has 8 nitrogen and oxygen atoms in total. The number of hydrogen-bond acceptors (Lipinski definition) is 5. The molecule has 0 radical (unpaired) electrons. The average Bonchev–Trinajstić information content (AvgIpc) is 3.00. The minimum Gasteiger partial charge on any atom is -0.362 e. The Morgan fingerprint density at radius 2 is 2.12 bits per heavy atom. The second-order valence-electron chi connectivity index (χ2n) is 6.39. The number of hydrogen-bond donors (Lipinski definition) is 0. The molecule has 8 heteroatoms. The Labute approximate surface area is 140 Å². The fourth-order valence-electron chi connectivity index (χ4n) is 3.00. The summed E-state index contributed by atoms with van der Waals surface area (Å²) in [6.45, 7) is 4.50. The van der Waals surface area contributed by atoms with Crippen LogP contribution in [0.4, 0.5) is 0 Å². The number of rotatable bonds is 2. The van der Waals surface area contributed by atoms with Crippen LogP contribution in [0.1, 0.15) is 23.1 Å². The highest BCUT2D eigenvalue weighted by atomic mass is 16.5. The van der Waals surface area contributed by atoms with Crippen LogP contribution in [0.5, 0.6) is 0 Å². The second kappa shape index (κ2) is 5.86. The Hall–Kier alpha value is -2.48. The number of nitrogens with zero attached hydrogens (tertiary/aromatic N) is 5. The summed E-state index contributed by atoms with van der Waals surface area (Å²) in [7, 11) is 3.36. The molecule has 0 spiro atoms. The first kappa shape index (κ1) is 16.4. The molecule has 24 heavy (non-hydrogen) atoms. The van der Waals surface area contributed by atoms with Crippen LogP contribution in [-0.2, 0) is 9.53 Å². The van der Waals surface area contributed by atoms with E-state index in [1.807, 2.05) is 6.92 Å². The molecule has 1 atom stereocenters. The van der Waals surface area contributed by atoms with Crippen LogP contribution in [-0.4, -0.2) is 75.6 Å². The van der Waals surface area contributed by atoms with Gasteiger partial charge in [0, 0.05) is 32.4 Å². The molecule has 1 saturated heterocycles. The van der Waals surface area contributed by atoms with Crippen molar-refractivity contribution in [2.45, 2.75) is 19.4 Å². The fraction of sp³-hybridized carbons (Fsp3) is 0.500. The van der Waals surface area contributed by atoms with E-state index in [4.69, 9.17) is 4.74 Å². The van der Waals surface area contributed by atoms with Crippen molar-refractivity contribution in [3.63, 3.8) is 0 Å². The van der Waals surface area contributed by atoms with Crippen molar-refractivity contribution in [2.75, 3.05) is 33.8 Å². The van der Waals surface area contributed by atoms with E-state index in [1.54, 1.807) is 44.2 Å². The van der Waals surface area contributed by atoms with Gasteiger partial charge >= 0.3 is 0 Å². The maximum atomic E-state index is 13.0. The van der Waals surface area contributed by atoms with Crippen molar-refractivity contribution in [1.82, 2.24) is 24.4 Å². The summed E-state index contributed by atoms with van der Waals surface area (Å²) < 4.78 is 7.20. The van der Waals surface area contributed by atoms with Crippen molar-refractivity contribution < 1.29 is 14.3 Å². The molecule has 0 aliphatic carbocycles. The van der Waals surface area contributed by atoms with E-state index < -0.39 is 5.60 Å². The molecule has 1 fully saturated rings. The molecule has 3 heterocycles. The molecule has 3 rings (SSSR count). The molecule has 1 aliphatic heterocycles. The van der Waals surface area contributed by atoms with E-state index in [0.717, 1.165) is 5.69 Å². The molecule has 2 aromatic rings. The zero-order valence-electron chi connectivity index (χ0n) is 14.3. The van der Waals surface area contributed by atoms with Gasteiger partial charge in [0.15, 0.2) is 11.2 Å². The van der Waals surface area contributed by atoms with Gasteiger partial charge in [-0.05, 0) is 19.9 Å². The molecule has 1 unspecified atom stereocenters. The molecule has 0 saturated carbocycles. The zero-order chi connectivity index (χ0) is 17.5. The van der Waals surface area contributed by atoms with E-state index in [0.29, 0.717) is 24.5 Å². The van der Waals surface area contributed by atoms with Crippen molar-refractivity contribution >= 4 is 17.5 Å². The average molecular weight is 331 g/mol. The Morgan fingerprint density at radius 1 is 1.38 bits per heavy atom. The standard InChI is InChI=1S/C16H21N5O3/c1-11-9-12(21-13(18-11)5-6-17-21)14(22)20-7-8-24-16(2,10-20)15(23)19(3)4/h5-6,9H,7-8,10H2,1-4H3. The number of amides is 2. The maximum absolute atomic E-state index is 13.0. The number of fused-ring (bicyclic) bond motifs is 1. The molecule has 128 valence electrons. The number of likely N-dealkylation sites (N-methyl/N-ethyl adjacent to an activating group) is 1. The first-order valence-electron chi connectivity index (χ1n) is 7.78. The molecule has 1 aliphatic rings. The lowest BCUT2D eigenvalue weighted by Crippen LogP contribution is -2.59. The Morgan fingerprint density at radius 3 is 2.83 bits per heavy atom. The van der Waals surface area contributed by atoms with Gasteiger partial charge < -0.3 is 14.5 Å². The molecule has 2 aromatic heterocycles. The highest BCUT2D eigenvalue weighted by Gasteiger charge is 2.42. The SMILES string of the molecule is Cc1cc(C(=O)N2CCOC(C)(C(=O)N(C)C)C2)n2nccc2n1. The van der Waals surface area contributed by atoms with Crippen LogP contribution < -0.4 is 0 Å². The van der Waals surface area contributed by atoms with Crippen LogP contribution in [0.15, 0.2) is 18.3 Å². The van der Waals surface area contributed by atoms with Crippen LogP contribution in [0, 0.1) is 6.92 Å². The summed E-state index contributed by atoms with van der Waals surface area (Å²) in [4.78, 5) is 32.9. The monoisotopic (exact) mass is 331 g/mol. The van der Waals surface area contributed by atoms with Crippen molar-refractivity contribution in [2.24, 2.45) is 0 Å². The van der Waals surface area contributed by atoms with E-state index in [1.165, 1.54) is 9.42 Å². The van der Waals surface area contributed by atoms with Crippen LogP contribution >= 0.6 is 0 Å². The summed E-state index contributed by atoms with van der Waals surface area (Å²) in [5.41, 5.74) is 0.762. The lowest BCUT2D eigenvalue weighted by Gasteiger charge is -2.40.